The Bertz CT molecular complexity index is 904. The molecule has 0 aromatic heterocycles. The lowest BCUT2D eigenvalue weighted by Gasteiger charge is -2.17. The predicted octanol–water partition coefficient (Wildman–Crippen LogP) is 5.77. The number of ether oxygens (including phenoxy) is 1. The van der Waals surface area contributed by atoms with Crippen LogP contribution in [0.25, 0.3) is 0 Å². The first-order chi connectivity index (χ1) is 12.5. The molecule has 0 saturated carbocycles. The molecule has 0 heterocycles. The SMILES string of the molecule is O=C(O[C@H](C(=O)c1ccccc1)c1ccc(Cl)cc1)c1ccc(Cl)cc1. The van der Waals surface area contributed by atoms with Crippen molar-refractivity contribution in [2.24, 2.45) is 0 Å². The first-order valence-electron chi connectivity index (χ1n) is 7.86. The predicted molar refractivity (Wildman–Crippen MR) is 102 cm³/mol. The summed E-state index contributed by atoms with van der Waals surface area (Å²) in [5, 5.41) is 1.04. The van der Waals surface area contributed by atoms with E-state index in [1.807, 2.05) is 6.07 Å². The van der Waals surface area contributed by atoms with Gasteiger partial charge in [-0.3, -0.25) is 4.79 Å². The molecule has 0 radical (unpaired) electrons. The quantitative estimate of drug-likeness (QED) is 0.413. The fourth-order valence-corrected chi connectivity index (χ4v) is 2.68. The molecule has 0 amide bonds. The van der Waals surface area contributed by atoms with E-state index in [-0.39, 0.29) is 5.78 Å². The summed E-state index contributed by atoms with van der Waals surface area (Å²) >= 11 is 11.8. The number of hydrogen-bond acceptors (Lipinski definition) is 3. The van der Waals surface area contributed by atoms with E-state index in [2.05, 4.69) is 0 Å². The van der Waals surface area contributed by atoms with Crippen LogP contribution in [0.2, 0.25) is 10.0 Å². The summed E-state index contributed by atoms with van der Waals surface area (Å²) in [6.45, 7) is 0. The molecule has 26 heavy (non-hydrogen) atoms. The third-order valence-corrected chi connectivity index (χ3v) is 4.28. The molecule has 0 spiro atoms. The zero-order chi connectivity index (χ0) is 18.5. The van der Waals surface area contributed by atoms with Gasteiger partial charge < -0.3 is 4.74 Å². The minimum absolute atomic E-state index is 0.310. The van der Waals surface area contributed by atoms with E-state index >= 15 is 0 Å². The van der Waals surface area contributed by atoms with Gasteiger partial charge in [0, 0.05) is 21.2 Å². The van der Waals surface area contributed by atoms with Crippen LogP contribution in [-0.4, -0.2) is 11.8 Å². The third-order valence-electron chi connectivity index (χ3n) is 3.77. The monoisotopic (exact) mass is 384 g/mol. The number of hydrogen-bond donors (Lipinski definition) is 0. The maximum atomic E-state index is 12.9. The molecule has 3 nitrogen and oxygen atoms in total. The first-order valence-corrected chi connectivity index (χ1v) is 8.61. The number of ketones is 1. The van der Waals surface area contributed by atoms with Crippen LogP contribution in [0, 0.1) is 0 Å². The molecule has 0 saturated heterocycles. The molecular weight excluding hydrogens is 371 g/mol. The number of carbonyl (C=O) groups excluding carboxylic acids is 2. The molecule has 0 bridgehead atoms. The molecule has 3 aromatic rings. The largest absolute Gasteiger partial charge is 0.445 e. The summed E-state index contributed by atoms with van der Waals surface area (Å²) in [5.74, 6) is -0.916. The Balaban J connectivity index is 1.92. The van der Waals surface area contributed by atoms with Crippen LogP contribution in [0.3, 0.4) is 0 Å². The number of esters is 1. The van der Waals surface area contributed by atoms with Crippen molar-refractivity contribution in [2.45, 2.75) is 6.10 Å². The lowest BCUT2D eigenvalue weighted by molar-refractivity contribution is 0.0280. The van der Waals surface area contributed by atoms with E-state index in [0.717, 1.165) is 0 Å². The fourth-order valence-electron chi connectivity index (χ4n) is 2.43. The topological polar surface area (TPSA) is 43.4 Å². The molecule has 3 rings (SSSR count). The molecule has 3 aromatic carbocycles. The Morgan fingerprint density at radius 3 is 1.81 bits per heavy atom. The summed E-state index contributed by atoms with van der Waals surface area (Å²) in [5.41, 5.74) is 1.32. The van der Waals surface area contributed by atoms with Crippen LogP contribution < -0.4 is 0 Å². The molecule has 1 atom stereocenters. The summed E-state index contributed by atoms with van der Waals surface area (Å²) in [4.78, 5) is 25.4. The minimum Gasteiger partial charge on any atom is -0.445 e. The highest BCUT2D eigenvalue weighted by Crippen LogP contribution is 2.25. The van der Waals surface area contributed by atoms with E-state index in [4.69, 9.17) is 27.9 Å². The van der Waals surface area contributed by atoms with Crippen molar-refractivity contribution in [1.82, 2.24) is 0 Å². The van der Waals surface area contributed by atoms with Crippen LogP contribution in [0.15, 0.2) is 78.9 Å². The van der Waals surface area contributed by atoms with E-state index in [0.29, 0.717) is 26.7 Å². The first kappa shape index (κ1) is 18.2. The van der Waals surface area contributed by atoms with Crippen molar-refractivity contribution >= 4 is 35.0 Å². The number of carbonyl (C=O) groups is 2. The van der Waals surface area contributed by atoms with Crippen LogP contribution >= 0.6 is 23.2 Å². The van der Waals surface area contributed by atoms with Crippen molar-refractivity contribution < 1.29 is 14.3 Å². The summed E-state index contributed by atoms with van der Waals surface area (Å²) < 4.78 is 5.54. The average Bonchev–Trinajstić information content (AvgIpc) is 2.67. The van der Waals surface area contributed by atoms with Gasteiger partial charge in [-0.25, -0.2) is 4.79 Å². The van der Waals surface area contributed by atoms with Gasteiger partial charge in [0.2, 0.25) is 5.78 Å². The van der Waals surface area contributed by atoms with E-state index in [1.165, 1.54) is 0 Å². The Kier molecular flexibility index (Phi) is 5.71. The lowest BCUT2D eigenvalue weighted by Crippen LogP contribution is -2.20. The summed E-state index contributed by atoms with van der Waals surface area (Å²) in [7, 11) is 0. The summed E-state index contributed by atoms with van der Waals surface area (Å²) in [6, 6.07) is 21.6. The van der Waals surface area contributed by atoms with Crippen LogP contribution in [0.4, 0.5) is 0 Å². The number of rotatable bonds is 5. The second kappa shape index (κ2) is 8.17. The van der Waals surface area contributed by atoms with Crippen molar-refractivity contribution in [1.29, 1.82) is 0 Å². The van der Waals surface area contributed by atoms with Crippen LogP contribution in [-0.2, 0) is 4.74 Å². The van der Waals surface area contributed by atoms with Crippen LogP contribution in [0.5, 0.6) is 0 Å². The maximum Gasteiger partial charge on any atom is 0.339 e. The van der Waals surface area contributed by atoms with E-state index in [9.17, 15) is 9.59 Å². The van der Waals surface area contributed by atoms with Gasteiger partial charge in [0.15, 0.2) is 6.10 Å². The highest BCUT2D eigenvalue weighted by Gasteiger charge is 2.26. The van der Waals surface area contributed by atoms with E-state index in [1.54, 1.807) is 72.8 Å². The van der Waals surface area contributed by atoms with Gasteiger partial charge in [-0.1, -0.05) is 65.7 Å². The van der Waals surface area contributed by atoms with Crippen molar-refractivity contribution in [3.63, 3.8) is 0 Å². The minimum atomic E-state index is -1.07. The number of benzene rings is 3. The number of halogens is 2. The maximum absolute atomic E-state index is 12.9. The highest BCUT2D eigenvalue weighted by molar-refractivity contribution is 6.30. The number of Topliss-reactive ketones (excluding diaryl/α,β-unsaturated/α-hetero) is 1. The van der Waals surface area contributed by atoms with Gasteiger partial charge in [0.1, 0.15) is 0 Å². The fraction of sp³-hybridized carbons (Fsp3) is 0.0476. The molecule has 5 heteroatoms. The third kappa shape index (κ3) is 4.31. The molecule has 0 aliphatic rings. The Labute approximate surface area is 161 Å². The molecule has 0 N–H and O–H groups in total. The Morgan fingerprint density at radius 2 is 1.23 bits per heavy atom. The zero-order valence-electron chi connectivity index (χ0n) is 13.6. The standard InChI is InChI=1S/C21H14Cl2O3/c22-17-10-6-15(7-11-17)20(19(24)14-4-2-1-3-5-14)26-21(25)16-8-12-18(23)13-9-16/h1-13,20H/t20-/m0/s1. The Hall–Kier alpha value is -2.62. The van der Waals surface area contributed by atoms with Gasteiger partial charge in [-0.05, 0) is 36.4 Å². The Morgan fingerprint density at radius 1 is 0.692 bits per heavy atom. The normalized spacial score (nSPS) is 11.6. The van der Waals surface area contributed by atoms with E-state index < -0.39 is 12.1 Å². The lowest BCUT2D eigenvalue weighted by atomic mass is 9.99. The molecule has 0 unspecified atom stereocenters. The molecule has 0 fully saturated rings. The second-order valence-corrected chi connectivity index (χ2v) is 6.45. The average molecular weight is 385 g/mol. The van der Waals surface area contributed by atoms with Gasteiger partial charge in [0.25, 0.3) is 0 Å². The summed E-state index contributed by atoms with van der Waals surface area (Å²) in [6.07, 6.45) is -1.07. The van der Waals surface area contributed by atoms with Gasteiger partial charge in [-0.2, -0.15) is 0 Å². The molecule has 130 valence electrons. The van der Waals surface area contributed by atoms with Crippen LogP contribution in [0.1, 0.15) is 32.4 Å². The molecular formula is C21H14Cl2O3. The molecule has 0 aliphatic carbocycles. The van der Waals surface area contributed by atoms with Crippen molar-refractivity contribution in [3.05, 3.63) is 106 Å². The second-order valence-electron chi connectivity index (χ2n) is 5.57. The van der Waals surface area contributed by atoms with Crippen molar-refractivity contribution in [3.8, 4) is 0 Å². The zero-order valence-corrected chi connectivity index (χ0v) is 15.1. The van der Waals surface area contributed by atoms with Gasteiger partial charge in [0.05, 0.1) is 5.56 Å². The molecule has 0 aliphatic heterocycles. The van der Waals surface area contributed by atoms with Gasteiger partial charge in [-0.15, -0.1) is 0 Å². The van der Waals surface area contributed by atoms with Crippen molar-refractivity contribution in [2.75, 3.05) is 0 Å². The van der Waals surface area contributed by atoms with Gasteiger partial charge >= 0.3 is 5.97 Å². The smallest absolute Gasteiger partial charge is 0.339 e. The highest BCUT2D eigenvalue weighted by atomic mass is 35.5.